The summed E-state index contributed by atoms with van der Waals surface area (Å²) >= 11 is 0. The monoisotopic (exact) mass is 218 g/mol. The summed E-state index contributed by atoms with van der Waals surface area (Å²) in [6.07, 6.45) is 7.58. The lowest BCUT2D eigenvalue weighted by molar-refractivity contribution is 0.205. The minimum atomic E-state index is 0.369. The summed E-state index contributed by atoms with van der Waals surface area (Å²) in [4.78, 5) is 0. The van der Waals surface area contributed by atoms with Gasteiger partial charge >= 0.3 is 0 Å². The Labute approximate surface area is 98.5 Å². The smallest absolute Gasteiger partial charge is 0.0433 e. The van der Waals surface area contributed by atoms with Gasteiger partial charge in [0.1, 0.15) is 0 Å². The number of aliphatic hydroxyl groups excluding tert-OH is 1. The van der Waals surface area contributed by atoms with Gasteiger partial charge in [-0.2, -0.15) is 0 Å². The average molecular weight is 218 g/mol. The van der Waals surface area contributed by atoms with E-state index in [2.05, 4.69) is 30.3 Å². The molecule has 0 aliphatic heterocycles. The Balaban J connectivity index is 1.77. The van der Waals surface area contributed by atoms with Crippen LogP contribution in [0.4, 0.5) is 0 Å². The Morgan fingerprint density at radius 1 is 0.938 bits per heavy atom. The molecule has 0 radical (unpaired) electrons. The van der Waals surface area contributed by atoms with E-state index in [9.17, 15) is 0 Å². The maximum atomic E-state index is 8.92. The maximum absolute atomic E-state index is 8.92. The summed E-state index contributed by atoms with van der Waals surface area (Å²) in [5, 5.41) is 8.92. The molecule has 1 aromatic rings. The lowest BCUT2D eigenvalue weighted by atomic mass is 9.78. The van der Waals surface area contributed by atoms with Gasteiger partial charge in [0.2, 0.25) is 0 Å². The molecule has 1 nitrogen and oxygen atoms in total. The van der Waals surface area contributed by atoms with E-state index in [-0.39, 0.29) is 0 Å². The Hall–Kier alpha value is -0.820. The number of hydrogen-bond acceptors (Lipinski definition) is 1. The molecule has 0 bridgehead atoms. The van der Waals surface area contributed by atoms with Crippen molar-refractivity contribution in [2.45, 2.75) is 38.5 Å². The molecule has 2 rings (SSSR count). The first-order valence-corrected chi connectivity index (χ1v) is 6.53. The predicted molar refractivity (Wildman–Crippen MR) is 67.3 cm³/mol. The molecule has 88 valence electrons. The summed E-state index contributed by atoms with van der Waals surface area (Å²) < 4.78 is 0. The van der Waals surface area contributed by atoms with Crippen LogP contribution in [-0.2, 0) is 6.42 Å². The Bertz CT molecular complexity index is 286. The average Bonchev–Trinajstić information content (AvgIpc) is 2.33. The normalized spacial score (nSPS) is 25.6. The van der Waals surface area contributed by atoms with Crippen molar-refractivity contribution in [2.24, 2.45) is 11.8 Å². The summed E-state index contributed by atoms with van der Waals surface area (Å²) in [6.45, 7) is 0.369. The highest BCUT2D eigenvalue weighted by Crippen LogP contribution is 2.32. The third-order valence-electron chi connectivity index (χ3n) is 3.87. The van der Waals surface area contributed by atoms with Gasteiger partial charge in [0.15, 0.2) is 0 Å². The van der Waals surface area contributed by atoms with Gasteiger partial charge in [-0.3, -0.25) is 0 Å². The van der Waals surface area contributed by atoms with Gasteiger partial charge in [0.05, 0.1) is 0 Å². The van der Waals surface area contributed by atoms with Gasteiger partial charge in [0, 0.05) is 6.61 Å². The second kappa shape index (κ2) is 6.05. The molecule has 1 N–H and O–H groups in total. The second-order valence-electron chi connectivity index (χ2n) is 5.09. The number of benzene rings is 1. The van der Waals surface area contributed by atoms with E-state index in [1.165, 1.54) is 37.7 Å². The third kappa shape index (κ3) is 3.34. The molecule has 0 unspecified atom stereocenters. The van der Waals surface area contributed by atoms with Crippen LogP contribution in [0.3, 0.4) is 0 Å². The predicted octanol–water partition coefficient (Wildman–Crippen LogP) is 3.42. The van der Waals surface area contributed by atoms with Crippen molar-refractivity contribution >= 4 is 0 Å². The first-order valence-electron chi connectivity index (χ1n) is 6.53. The fourth-order valence-corrected chi connectivity index (χ4v) is 2.85. The van der Waals surface area contributed by atoms with Crippen molar-refractivity contribution in [1.29, 1.82) is 0 Å². The van der Waals surface area contributed by atoms with E-state index >= 15 is 0 Å². The van der Waals surface area contributed by atoms with Crippen molar-refractivity contribution in [3.8, 4) is 0 Å². The molecule has 1 saturated carbocycles. The van der Waals surface area contributed by atoms with E-state index in [1.807, 2.05) is 0 Å². The topological polar surface area (TPSA) is 20.2 Å². The molecule has 0 aromatic heterocycles. The zero-order valence-electron chi connectivity index (χ0n) is 9.94. The number of rotatable bonds is 4. The SMILES string of the molecule is OCCC1CCC(Cc2ccccc2)CC1. The van der Waals surface area contributed by atoms with Crippen molar-refractivity contribution in [2.75, 3.05) is 6.61 Å². The van der Waals surface area contributed by atoms with E-state index < -0.39 is 0 Å². The lowest BCUT2D eigenvalue weighted by Crippen LogP contribution is -2.17. The van der Waals surface area contributed by atoms with Crippen LogP contribution in [-0.4, -0.2) is 11.7 Å². The Morgan fingerprint density at radius 2 is 1.56 bits per heavy atom. The number of hydrogen-bond donors (Lipinski definition) is 1. The van der Waals surface area contributed by atoms with Crippen LogP contribution in [0, 0.1) is 11.8 Å². The molecule has 0 heterocycles. The van der Waals surface area contributed by atoms with Crippen LogP contribution >= 0.6 is 0 Å². The van der Waals surface area contributed by atoms with Crippen molar-refractivity contribution < 1.29 is 5.11 Å². The van der Waals surface area contributed by atoms with Crippen molar-refractivity contribution in [3.63, 3.8) is 0 Å². The van der Waals surface area contributed by atoms with E-state index in [1.54, 1.807) is 0 Å². The minimum absolute atomic E-state index is 0.369. The van der Waals surface area contributed by atoms with E-state index in [4.69, 9.17) is 5.11 Å². The second-order valence-corrected chi connectivity index (χ2v) is 5.09. The minimum Gasteiger partial charge on any atom is -0.396 e. The van der Waals surface area contributed by atoms with Crippen LogP contribution in [0.15, 0.2) is 30.3 Å². The Kier molecular flexibility index (Phi) is 4.41. The summed E-state index contributed by atoms with van der Waals surface area (Å²) in [7, 11) is 0. The molecule has 0 atom stereocenters. The molecule has 1 aliphatic rings. The molecule has 16 heavy (non-hydrogen) atoms. The van der Waals surface area contributed by atoms with Crippen LogP contribution in [0.5, 0.6) is 0 Å². The zero-order chi connectivity index (χ0) is 11.2. The first kappa shape index (κ1) is 11.7. The molecule has 0 saturated heterocycles. The third-order valence-corrected chi connectivity index (χ3v) is 3.87. The van der Waals surface area contributed by atoms with Gasteiger partial charge in [-0.25, -0.2) is 0 Å². The van der Waals surface area contributed by atoms with Gasteiger partial charge < -0.3 is 5.11 Å². The summed E-state index contributed by atoms with van der Waals surface area (Å²) in [5.74, 6) is 1.66. The van der Waals surface area contributed by atoms with Gasteiger partial charge in [0.25, 0.3) is 0 Å². The molecule has 1 aromatic carbocycles. The highest BCUT2D eigenvalue weighted by molar-refractivity contribution is 5.15. The van der Waals surface area contributed by atoms with Crippen molar-refractivity contribution in [3.05, 3.63) is 35.9 Å². The van der Waals surface area contributed by atoms with Crippen LogP contribution in [0.2, 0.25) is 0 Å². The molecule has 1 aliphatic carbocycles. The van der Waals surface area contributed by atoms with Crippen LogP contribution in [0.25, 0.3) is 0 Å². The molecule has 0 spiro atoms. The standard InChI is InChI=1S/C15H22O/c16-11-10-13-6-8-15(9-7-13)12-14-4-2-1-3-5-14/h1-5,13,15-16H,6-12H2. The molecule has 0 amide bonds. The van der Waals surface area contributed by atoms with Crippen LogP contribution < -0.4 is 0 Å². The molecular formula is C15H22O. The maximum Gasteiger partial charge on any atom is 0.0433 e. The zero-order valence-corrected chi connectivity index (χ0v) is 9.94. The Morgan fingerprint density at radius 3 is 2.19 bits per heavy atom. The fraction of sp³-hybridized carbons (Fsp3) is 0.600. The summed E-state index contributed by atoms with van der Waals surface area (Å²) in [6, 6.07) is 10.8. The summed E-state index contributed by atoms with van der Waals surface area (Å²) in [5.41, 5.74) is 1.48. The quantitative estimate of drug-likeness (QED) is 0.821. The highest BCUT2D eigenvalue weighted by atomic mass is 16.3. The van der Waals surface area contributed by atoms with Crippen LogP contribution in [0.1, 0.15) is 37.7 Å². The number of aliphatic hydroxyl groups is 1. The molecule has 1 heteroatoms. The lowest BCUT2D eigenvalue weighted by Gasteiger charge is -2.28. The van der Waals surface area contributed by atoms with E-state index in [0.29, 0.717) is 6.61 Å². The van der Waals surface area contributed by atoms with Gasteiger partial charge in [-0.1, -0.05) is 43.2 Å². The van der Waals surface area contributed by atoms with Gasteiger partial charge in [-0.15, -0.1) is 0 Å². The highest BCUT2D eigenvalue weighted by Gasteiger charge is 2.20. The van der Waals surface area contributed by atoms with Crippen molar-refractivity contribution in [1.82, 2.24) is 0 Å². The van der Waals surface area contributed by atoms with E-state index in [0.717, 1.165) is 18.3 Å². The first-order chi connectivity index (χ1) is 7.88. The molecular weight excluding hydrogens is 196 g/mol. The van der Waals surface area contributed by atoms with Gasteiger partial charge in [-0.05, 0) is 43.1 Å². The fourth-order valence-electron chi connectivity index (χ4n) is 2.85. The molecule has 1 fully saturated rings. The largest absolute Gasteiger partial charge is 0.396 e.